The second-order valence-electron chi connectivity index (χ2n) is 6.42. The lowest BCUT2D eigenvalue weighted by Gasteiger charge is -2.15. The lowest BCUT2D eigenvalue weighted by Crippen LogP contribution is -2.22. The maximum Gasteiger partial charge on any atom is 0.273 e. The van der Waals surface area contributed by atoms with Crippen molar-refractivity contribution in [2.75, 3.05) is 6.61 Å². The highest BCUT2D eigenvalue weighted by molar-refractivity contribution is 9.10. The fourth-order valence-corrected chi connectivity index (χ4v) is 3.26. The predicted molar refractivity (Wildman–Crippen MR) is 107 cm³/mol. The van der Waals surface area contributed by atoms with E-state index in [4.69, 9.17) is 9.84 Å². The van der Waals surface area contributed by atoms with Crippen LogP contribution in [0.15, 0.2) is 57.8 Å². The molecule has 0 saturated heterocycles. The van der Waals surface area contributed by atoms with Crippen LogP contribution in [-0.4, -0.2) is 21.4 Å². The first-order valence-corrected chi connectivity index (χ1v) is 9.49. The summed E-state index contributed by atoms with van der Waals surface area (Å²) >= 11 is 3.23. The normalized spacial score (nSPS) is 12.1. The number of hydrogen-bond acceptors (Lipinski definition) is 4. The summed E-state index contributed by atoms with van der Waals surface area (Å²) in [5.74, 6) is -1.17. The molecule has 0 spiro atoms. The van der Waals surface area contributed by atoms with Crippen molar-refractivity contribution in [3.63, 3.8) is 0 Å². The lowest BCUT2D eigenvalue weighted by molar-refractivity contribution is 0.0956. The van der Waals surface area contributed by atoms with Crippen molar-refractivity contribution in [2.45, 2.75) is 19.6 Å². The van der Waals surface area contributed by atoms with Gasteiger partial charge in [0.15, 0.2) is 0 Å². The van der Waals surface area contributed by atoms with E-state index < -0.39 is 24.3 Å². The molecule has 0 fully saturated rings. The monoisotopic (exact) mass is 465 g/mol. The van der Waals surface area contributed by atoms with Gasteiger partial charge in [-0.25, -0.2) is 8.78 Å². The predicted octanol–water partition coefficient (Wildman–Crippen LogP) is 3.79. The molecule has 2 N–H and O–H groups in total. The van der Waals surface area contributed by atoms with E-state index in [9.17, 15) is 18.7 Å². The van der Waals surface area contributed by atoms with Gasteiger partial charge in [0, 0.05) is 29.1 Å². The molecular formula is C21H18BrF2NO4. The standard InChI is InChI=1S/C21H18BrF2NO4/c1-12-8-19(29-11-14-2-5-15(23)9-17(14)24)20(22)21(28)25(12)16-6-3-13(4-7-16)18(27)10-26/h2-9,18,26-27H,10-11H2,1H3. The molecule has 0 saturated carbocycles. The van der Waals surface area contributed by atoms with Crippen LogP contribution in [0.1, 0.15) is 22.9 Å². The maximum absolute atomic E-state index is 13.8. The molecule has 8 heteroatoms. The van der Waals surface area contributed by atoms with Gasteiger partial charge in [-0.15, -0.1) is 0 Å². The first kappa shape index (κ1) is 21.2. The maximum atomic E-state index is 13.8. The largest absolute Gasteiger partial charge is 0.487 e. The van der Waals surface area contributed by atoms with Crippen molar-refractivity contribution in [1.29, 1.82) is 0 Å². The summed E-state index contributed by atoms with van der Waals surface area (Å²) in [6, 6.07) is 11.4. The first-order valence-electron chi connectivity index (χ1n) is 8.70. The Bertz CT molecular complexity index is 1080. The zero-order valence-electron chi connectivity index (χ0n) is 15.4. The Hall–Kier alpha value is -2.55. The average molecular weight is 466 g/mol. The molecule has 2 aromatic carbocycles. The molecule has 0 amide bonds. The quantitative estimate of drug-likeness (QED) is 0.580. The summed E-state index contributed by atoms with van der Waals surface area (Å²) in [4.78, 5) is 12.8. The zero-order valence-corrected chi connectivity index (χ0v) is 17.0. The number of rotatable bonds is 6. The van der Waals surface area contributed by atoms with Crippen LogP contribution >= 0.6 is 15.9 Å². The minimum Gasteiger partial charge on any atom is -0.487 e. The Morgan fingerprint density at radius 2 is 1.83 bits per heavy atom. The smallest absolute Gasteiger partial charge is 0.273 e. The molecule has 0 aliphatic rings. The van der Waals surface area contributed by atoms with Gasteiger partial charge in [0.05, 0.1) is 6.61 Å². The molecule has 3 aromatic rings. The summed E-state index contributed by atoms with van der Waals surface area (Å²) in [7, 11) is 0. The van der Waals surface area contributed by atoms with Crippen molar-refractivity contribution < 1.29 is 23.7 Å². The number of benzene rings is 2. The molecule has 0 aliphatic carbocycles. The molecule has 0 bridgehead atoms. The van der Waals surface area contributed by atoms with E-state index >= 15 is 0 Å². The van der Waals surface area contributed by atoms with Gasteiger partial charge in [-0.3, -0.25) is 9.36 Å². The number of pyridine rings is 1. The molecule has 5 nitrogen and oxygen atoms in total. The number of aliphatic hydroxyl groups is 2. The van der Waals surface area contributed by atoms with Gasteiger partial charge in [0.1, 0.15) is 34.6 Å². The highest BCUT2D eigenvalue weighted by Gasteiger charge is 2.15. The molecule has 1 heterocycles. The van der Waals surface area contributed by atoms with E-state index in [1.807, 2.05) is 0 Å². The number of aromatic nitrogens is 1. The summed E-state index contributed by atoms with van der Waals surface area (Å²) in [5.41, 5.74) is 1.46. The van der Waals surface area contributed by atoms with Crippen LogP contribution in [0.2, 0.25) is 0 Å². The van der Waals surface area contributed by atoms with Crippen LogP contribution in [0.3, 0.4) is 0 Å². The van der Waals surface area contributed by atoms with Gasteiger partial charge in [-0.05, 0) is 52.7 Å². The third kappa shape index (κ3) is 4.55. The molecule has 3 rings (SSSR count). The molecule has 1 unspecified atom stereocenters. The van der Waals surface area contributed by atoms with Gasteiger partial charge < -0.3 is 14.9 Å². The zero-order chi connectivity index (χ0) is 21.1. The number of nitrogens with zero attached hydrogens (tertiary/aromatic N) is 1. The third-order valence-corrected chi connectivity index (χ3v) is 5.14. The molecule has 1 atom stereocenters. The van der Waals surface area contributed by atoms with Crippen molar-refractivity contribution >= 4 is 15.9 Å². The van der Waals surface area contributed by atoms with Crippen molar-refractivity contribution in [3.05, 3.63) is 91.8 Å². The van der Waals surface area contributed by atoms with Gasteiger partial charge in [-0.2, -0.15) is 0 Å². The number of aryl methyl sites for hydroxylation is 1. The second kappa shape index (κ2) is 8.86. The van der Waals surface area contributed by atoms with Crippen molar-refractivity contribution in [3.8, 4) is 11.4 Å². The fraction of sp³-hybridized carbons (Fsp3) is 0.190. The minimum absolute atomic E-state index is 0.157. The molecule has 29 heavy (non-hydrogen) atoms. The van der Waals surface area contributed by atoms with Gasteiger partial charge >= 0.3 is 0 Å². The number of aliphatic hydroxyl groups excluding tert-OH is 2. The van der Waals surface area contributed by atoms with Crippen LogP contribution in [0, 0.1) is 18.6 Å². The van der Waals surface area contributed by atoms with Crippen LogP contribution < -0.4 is 10.3 Å². The topological polar surface area (TPSA) is 71.7 Å². The SMILES string of the molecule is Cc1cc(OCc2ccc(F)cc2F)c(Br)c(=O)n1-c1ccc(C(O)CO)cc1. The Kier molecular flexibility index (Phi) is 6.46. The molecular weight excluding hydrogens is 448 g/mol. The van der Waals surface area contributed by atoms with Crippen LogP contribution in [0.4, 0.5) is 8.78 Å². The lowest BCUT2D eigenvalue weighted by atomic mass is 10.1. The fourth-order valence-electron chi connectivity index (χ4n) is 2.85. The molecule has 0 radical (unpaired) electrons. The molecule has 0 aliphatic heterocycles. The van der Waals surface area contributed by atoms with E-state index in [2.05, 4.69) is 15.9 Å². The molecule has 1 aromatic heterocycles. The number of hydrogen-bond donors (Lipinski definition) is 2. The molecule has 152 valence electrons. The Balaban J connectivity index is 1.89. The summed E-state index contributed by atoms with van der Waals surface area (Å²) < 4.78 is 34.0. The highest BCUT2D eigenvalue weighted by Crippen LogP contribution is 2.26. The Morgan fingerprint density at radius 3 is 2.45 bits per heavy atom. The van der Waals surface area contributed by atoms with Gasteiger partial charge in [0.25, 0.3) is 5.56 Å². The van der Waals surface area contributed by atoms with Crippen LogP contribution in [-0.2, 0) is 6.61 Å². The summed E-state index contributed by atoms with van der Waals surface area (Å²) in [6.45, 7) is 1.15. The third-order valence-electron chi connectivity index (χ3n) is 4.41. The highest BCUT2D eigenvalue weighted by atomic mass is 79.9. The minimum atomic E-state index is -0.990. The van der Waals surface area contributed by atoms with E-state index in [1.165, 1.54) is 10.6 Å². The van der Waals surface area contributed by atoms with E-state index in [0.717, 1.165) is 12.1 Å². The van der Waals surface area contributed by atoms with Crippen molar-refractivity contribution in [1.82, 2.24) is 4.57 Å². The van der Waals surface area contributed by atoms with Gasteiger partial charge in [0.2, 0.25) is 0 Å². The van der Waals surface area contributed by atoms with Crippen molar-refractivity contribution in [2.24, 2.45) is 0 Å². The first-order chi connectivity index (χ1) is 13.8. The Morgan fingerprint density at radius 1 is 1.14 bits per heavy atom. The van der Waals surface area contributed by atoms with E-state index in [-0.39, 0.29) is 28.0 Å². The summed E-state index contributed by atoms with van der Waals surface area (Å²) in [5, 5.41) is 18.7. The Labute approximate surface area is 173 Å². The number of ether oxygens (including phenoxy) is 1. The van der Waals surface area contributed by atoms with E-state index in [1.54, 1.807) is 37.3 Å². The van der Waals surface area contributed by atoms with E-state index in [0.29, 0.717) is 16.9 Å². The number of halogens is 3. The average Bonchev–Trinajstić information content (AvgIpc) is 2.70. The van der Waals surface area contributed by atoms with Crippen LogP contribution in [0.25, 0.3) is 5.69 Å². The second-order valence-corrected chi connectivity index (χ2v) is 7.21. The summed E-state index contributed by atoms with van der Waals surface area (Å²) in [6.07, 6.45) is -0.990. The van der Waals surface area contributed by atoms with Crippen LogP contribution in [0.5, 0.6) is 5.75 Å². The van der Waals surface area contributed by atoms with Gasteiger partial charge in [-0.1, -0.05) is 12.1 Å².